The zero-order valence-electron chi connectivity index (χ0n) is 8.80. The average molecular weight is 232 g/mol. The molecule has 1 fully saturated rings. The van der Waals surface area contributed by atoms with Gasteiger partial charge in [0.15, 0.2) is 6.04 Å². The van der Waals surface area contributed by atoms with Gasteiger partial charge < -0.3 is 25.5 Å². The van der Waals surface area contributed by atoms with Crippen molar-refractivity contribution in [3.8, 4) is 0 Å². The Morgan fingerprint density at radius 3 is 2.69 bits per heavy atom. The molecule has 7 heteroatoms. The van der Waals surface area contributed by atoms with Crippen LogP contribution in [0.1, 0.15) is 12.8 Å². The van der Waals surface area contributed by atoms with Gasteiger partial charge in [0.25, 0.3) is 0 Å². The number of rotatable bonds is 3. The number of aliphatic hydroxyl groups excluding tert-OH is 2. The normalized spacial score (nSPS) is 22.6. The van der Waals surface area contributed by atoms with E-state index >= 15 is 0 Å². The van der Waals surface area contributed by atoms with Gasteiger partial charge in [0.2, 0.25) is 0 Å². The number of carbonyl (C=O) groups is 2. The number of β-amino-alcohol motifs (C(OH)–C–C–N with tert-alkyl or cyclic N) is 1. The van der Waals surface area contributed by atoms with Gasteiger partial charge in [-0.15, -0.1) is 0 Å². The number of aliphatic carboxylic acids is 1. The predicted octanol–water partition coefficient (Wildman–Crippen LogP) is -1.40. The fraction of sp³-hybridized carbons (Fsp3) is 0.778. The molecule has 0 bridgehead atoms. The van der Waals surface area contributed by atoms with Gasteiger partial charge in [-0.25, -0.2) is 9.59 Å². The number of likely N-dealkylation sites (tertiary alicyclic amines) is 1. The van der Waals surface area contributed by atoms with Crippen LogP contribution in [0.2, 0.25) is 0 Å². The molecule has 0 aromatic heterocycles. The summed E-state index contributed by atoms with van der Waals surface area (Å²) in [5.41, 5.74) is 0. The first-order valence-electron chi connectivity index (χ1n) is 5.11. The van der Waals surface area contributed by atoms with E-state index in [2.05, 4.69) is 5.32 Å². The highest BCUT2D eigenvalue weighted by molar-refractivity contribution is 5.82. The molecule has 1 unspecified atom stereocenters. The Balaban J connectivity index is 2.47. The quantitative estimate of drug-likeness (QED) is 0.478. The molecule has 4 N–H and O–H groups in total. The van der Waals surface area contributed by atoms with E-state index in [4.69, 9.17) is 10.2 Å². The van der Waals surface area contributed by atoms with Crippen molar-refractivity contribution in [2.45, 2.75) is 25.0 Å². The smallest absolute Gasteiger partial charge is 0.328 e. The van der Waals surface area contributed by atoms with Gasteiger partial charge in [-0.05, 0) is 12.8 Å². The van der Waals surface area contributed by atoms with E-state index in [1.165, 1.54) is 4.90 Å². The molecule has 2 amide bonds. The molecule has 1 rings (SSSR count). The van der Waals surface area contributed by atoms with Crippen LogP contribution in [-0.2, 0) is 4.79 Å². The summed E-state index contributed by atoms with van der Waals surface area (Å²) < 4.78 is 0. The van der Waals surface area contributed by atoms with Gasteiger partial charge in [0.05, 0.1) is 12.7 Å². The fourth-order valence-corrected chi connectivity index (χ4v) is 1.57. The molecule has 0 spiro atoms. The number of piperidine rings is 1. The van der Waals surface area contributed by atoms with E-state index < -0.39 is 30.8 Å². The molecule has 1 saturated heterocycles. The summed E-state index contributed by atoms with van der Waals surface area (Å²) in [4.78, 5) is 23.5. The number of hydrogen-bond donors (Lipinski definition) is 4. The molecule has 1 aliphatic rings. The molecule has 7 nitrogen and oxygen atoms in total. The number of hydrogen-bond acceptors (Lipinski definition) is 4. The second kappa shape index (κ2) is 5.66. The van der Waals surface area contributed by atoms with Gasteiger partial charge in [-0.3, -0.25) is 0 Å². The maximum Gasteiger partial charge on any atom is 0.328 e. The molecule has 1 aliphatic heterocycles. The Morgan fingerprint density at radius 2 is 2.19 bits per heavy atom. The van der Waals surface area contributed by atoms with Crippen LogP contribution in [0.4, 0.5) is 4.79 Å². The lowest BCUT2D eigenvalue weighted by Crippen LogP contribution is -2.52. The Bertz CT molecular complexity index is 271. The van der Waals surface area contributed by atoms with Crippen LogP contribution in [-0.4, -0.2) is 64.1 Å². The predicted molar refractivity (Wildman–Crippen MR) is 53.9 cm³/mol. The van der Waals surface area contributed by atoms with E-state index in [-0.39, 0.29) is 6.54 Å². The first kappa shape index (κ1) is 12.7. The van der Waals surface area contributed by atoms with Crippen molar-refractivity contribution in [1.29, 1.82) is 0 Å². The van der Waals surface area contributed by atoms with Crippen LogP contribution in [0, 0.1) is 0 Å². The second-order valence-corrected chi connectivity index (χ2v) is 3.76. The van der Waals surface area contributed by atoms with Crippen LogP contribution in [0.25, 0.3) is 0 Å². The van der Waals surface area contributed by atoms with Gasteiger partial charge in [-0.2, -0.15) is 0 Å². The molecule has 0 radical (unpaired) electrons. The lowest BCUT2D eigenvalue weighted by molar-refractivity contribution is -0.140. The summed E-state index contributed by atoms with van der Waals surface area (Å²) in [5, 5.41) is 28.9. The van der Waals surface area contributed by atoms with Crippen molar-refractivity contribution < 1.29 is 24.9 Å². The minimum atomic E-state index is -1.30. The molecule has 2 atom stereocenters. The van der Waals surface area contributed by atoms with Crippen molar-refractivity contribution in [1.82, 2.24) is 10.2 Å². The van der Waals surface area contributed by atoms with Crippen molar-refractivity contribution in [3.63, 3.8) is 0 Å². The van der Waals surface area contributed by atoms with Crippen LogP contribution in [0.15, 0.2) is 0 Å². The Kier molecular flexibility index (Phi) is 4.51. The van der Waals surface area contributed by atoms with Gasteiger partial charge in [0, 0.05) is 13.1 Å². The summed E-state index contributed by atoms with van der Waals surface area (Å²) in [6.07, 6.45) is 0.773. The van der Waals surface area contributed by atoms with E-state index in [0.29, 0.717) is 19.4 Å². The molecule has 16 heavy (non-hydrogen) atoms. The molecule has 0 aromatic rings. The SMILES string of the molecule is O=C(O)[C@H](CO)NC(=O)N1CCCC(O)C1. The molecule has 0 aromatic carbocycles. The number of aliphatic hydroxyl groups is 2. The van der Waals surface area contributed by atoms with Crippen molar-refractivity contribution in [2.75, 3.05) is 19.7 Å². The summed E-state index contributed by atoms with van der Waals surface area (Å²) in [6, 6.07) is -1.87. The van der Waals surface area contributed by atoms with E-state index in [1.54, 1.807) is 0 Å². The van der Waals surface area contributed by atoms with Gasteiger partial charge in [-0.1, -0.05) is 0 Å². The summed E-state index contributed by atoms with van der Waals surface area (Å²) in [6.45, 7) is 0.0295. The number of nitrogens with zero attached hydrogens (tertiary/aromatic N) is 1. The number of carbonyl (C=O) groups excluding carboxylic acids is 1. The van der Waals surface area contributed by atoms with Crippen LogP contribution in [0.5, 0.6) is 0 Å². The highest BCUT2D eigenvalue weighted by Gasteiger charge is 2.25. The Labute approximate surface area is 92.7 Å². The second-order valence-electron chi connectivity index (χ2n) is 3.76. The number of nitrogens with one attached hydrogen (secondary N) is 1. The maximum absolute atomic E-state index is 11.5. The van der Waals surface area contributed by atoms with Crippen LogP contribution < -0.4 is 5.32 Å². The third-order valence-corrected chi connectivity index (χ3v) is 2.46. The number of carboxylic acids is 1. The Morgan fingerprint density at radius 1 is 1.50 bits per heavy atom. The third kappa shape index (κ3) is 3.35. The number of urea groups is 1. The van der Waals surface area contributed by atoms with E-state index in [0.717, 1.165) is 0 Å². The zero-order valence-corrected chi connectivity index (χ0v) is 8.80. The van der Waals surface area contributed by atoms with Crippen LogP contribution >= 0.6 is 0 Å². The van der Waals surface area contributed by atoms with E-state index in [9.17, 15) is 14.7 Å². The van der Waals surface area contributed by atoms with Crippen LogP contribution in [0.3, 0.4) is 0 Å². The van der Waals surface area contributed by atoms with Crippen molar-refractivity contribution in [2.24, 2.45) is 0 Å². The van der Waals surface area contributed by atoms with Gasteiger partial charge >= 0.3 is 12.0 Å². The summed E-state index contributed by atoms with van der Waals surface area (Å²) >= 11 is 0. The standard InChI is InChI=1S/C9H16N2O5/c12-5-7(8(14)15)10-9(16)11-3-1-2-6(13)4-11/h6-7,12-13H,1-5H2,(H,10,16)(H,14,15)/t6?,7-/m0/s1. The largest absolute Gasteiger partial charge is 0.480 e. The Hall–Kier alpha value is -1.34. The lowest BCUT2D eigenvalue weighted by Gasteiger charge is -2.30. The summed E-state index contributed by atoms with van der Waals surface area (Å²) in [5.74, 6) is -1.28. The number of carboxylic acid groups (broad SMARTS) is 1. The van der Waals surface area contributed by atoms with Gasteiger partial charge in [0.1, 0.15) is 0 Å². The lowest BCUT2D eigenvalue weighted by atomic mass is 10.1. The molecular weight excluding hydrogens is 216 g/mol. The van der Waals surface area contributed by atoms with Crippen molar-refractivity contribution in [3.05, 3.63) is 0 Å². The topological polar surface area (TPSA) is 110 Å². The highest BCUT2D eigenvalue weighted by Crippen LogP contribution is 2.09. The fourth-order valence-electron chi connectivity index (χ4n) is 1.57. The first-order valence-corrected chi connectivity index (χ1v) is 5.11. The molecular formula is C9H16N2O5. The monoisotopic (exact) mass is 232 g/mol. The summed E-state index contributed by atoms with van der Waals surface area (Å²) in [7, 11) is 0. The van der Waals surface area contributed by atoms with Crippen molar-refractivity contribution >= 4 is 12.0 Å². The molecule has 0 aliphatic carbocycles. The minimum Gasteiger partial charge on any atom is -0.480 e. The number of amides is 2. The first-order chi connectivity index (χ1) is 7.54. The molecule has 92 valence electrons. The minimum absolute atomic E-state index is 0.198. The zero-order chi connectivity index (χ0) is 12.1. The molecule has 0 saturated carbocycles. The highest BCUT2D eigenvalue weighted by atomic mass is 16.4. The maximum atomic E-state index is 11.5. The molecule has 1 heterocycles. The average Bonchev–Trinajstić information content (AvgIpc) is 2.25. The third-order valence-electron chi connectivity index (χ3n) is 2.46. The van der Waals surface area contributed by atoms with E-state index in [1.807, 2.05) is 0 Å².